The van der Waals surface area contributed by atoms with Gasteiger partial charge in [-0.25, -0.2) is 0 Å². The van der Waals surface area contributed by atoms with E-state index in [0.29, 0.717) is 4.90 Å². The molecule has 26 heavy (non-hydrogen) atoms. The molecule has 0 saturated carbocycles. The first-order valence-corrected chi connectivity index (χ1v) is 9.37. The van der Waals surface area contributed by atoms with E-state index < -0.39 is 0 Å². The third kappa shape index (κ3) is 3.26. The summed E-state index contributed by atoms with van der Waals surface area (Å²) in [5, 5.41) is 10.8. The van der Waals surface area contributed by atoms with E-state index >= 15 is 0 Å². The monoisotopic (exact) mass is 362 g/mol. The van der Waals surface area contributed by atoms with Crippen LogP contribution in [0.3, 0.4) is 0 Å². The zero-order valence-electron chi connectivity index (χ0n) is 15.8. The topological polar surface area (TPSA) is 20.2 Å². The summed E-state index contributed by atoms with van der Waals surface area (Å²) in [4.78, 5) is 0.616. The molecule has 0 aliphatic heterocycles. The van der Waals surface area contributed by atoms with Crippen LogP contribution >= 0.6 is 12.6 Å². The van der Waals surface area contributed by atoms with Gasteiger partial charge in [-0.1, -0.05) is 94.4 Å². The lowest BCUT2D eigenvalue weighted by atomic mass is 9.73. The molecule has 0 aromatic heterocycles. The maximum Gasteiger partial charge on any atom is 0.132 e. The fourth-order valence-corrected chi connectivity index (χ4v) is 3.75. The van der Waals surface area contributed by atoms with Gasteiger partial charge < -0.3 is 5.11 Å². The number of benzene rings is 3. The zero-order chi connectivity index (χ0) is 18.9. The number of phenols is 1. The second-order valence-corrected chi connectivity index (χ2v) is 8.36. The molecular weight excluding hydrogens is 336 g/mol. The fraction of sp³-hybridized carbons (Fsp3) is 0.250. The highest BCUT2D eigenvalue weighted by molar-refractivity contribution is 7.80. The molecule has 0 unspecified atom stereocenters. The van der Waals surface area contributed by atoms with E-state index in [1.807, 2.05) is 30.3 Å². The lowest BCUT2D eigenvalue weighted by molar-refractivity contribution is 0.439. The highest BCUT2D eigenvalue weighted by Crippen LogP contribution is 2.43. The van der Waals surface area contributed by atoms with Crippen molar-refractivity contribution in [1.29, 1.82) is 0 Å². The molecule has 0 saturated heterocycles. The van der Waals surface area contributed by atoms with Gasteiger partial charge in [-0.05, 0) is 22.8 Å². The second-order valence-electron chi connectivity index (χ2n) is 7.87. The normalized spacial score (nSPS) is 12.2. The Hall–Kier alpha value is -2.19. The van der Waals surface area contributed by atoms with Crippen molar-refractivity contribution >= 4 is 12.6 Å². The summed E-state index contributed by atoms with van der Waals surface area (Å²) < 4.78 is 0. The van der Waals surface area contributed by atoms with Gasteiger partial charge in [-0.3, -0.25) is 0 Å². The average molecular weight is 363 g/mol. The van der Waals surface area contributed by atoms with Crippen molar-refractivity contribution in [3.8, 4) is 5.75 Å². The molecule has 3 aromatic carbocycles. The quantitative estimate of drug-likeness (QED) is 0.519. The molecule has 2 heteroatoms. The number of phenolic OH excluding ortho intramolecular Hbond substituents is 1. The summed E-state index contributed by atoms with van der Waals surface area (Å²) in [6.45, 7) is 8.70. The molecule has 0 atom stereocenters. The highest BCUT2D eigenvalue weighted by atomic mass is 32.1. The van der Waals surface area contributed by atoms with Crippen molar-refractivity contribution in [2.75, 3.05) is 0 Å². The number of rotatable bonds is 4. The molecule has 1 N–H and O–H groups in total. The summed E-state index contributed by atoms with van der Waals surface area (Å²) in [5.74, 6) is 0.259. The van der Waals surface area contributed by atoms with Crippen LogP contribution in [0.4, 0.5) is 0 Å². The van der Waals surface area contributed by atoms with Crippen LogP contribution in [0.15, 0.2) is 77.7 Å². The Balaban J connectivity index is 2.17. The van der Waals surface area contributed by atoms with E-state index in [0.717, 1.165) is 16.7 Å². The van der Waals surface area contributed by atoms with E-state index in [2.05, 4.69) is 82.8 Å². The molecule has 0 bridgehead atoms. The molecule has 0 heterocycles. The lowest BCUT2D eigenvalue weighted by Crippen LogP contribution is -2.23. The van der Waals surface area contributed by atoms with Crippen molar-refractivity contribution in [2.45, 2.75) is 43.4 Å². The fourth-order valence-electron chi connectivity index (χ4n) is 3.49. The second kappa shape index (κ2) is 6.85. The Bertz CT molecular complexity index is 896. The van der Waals surface area contributed by atoms with E-state index in [-0.39, 0.29) is 16.6 Å². The van der Waals surface area contributed by atoms with Gasteiger partial charge in [0.2, 0.25) is 0 Å². The molecule has 0 aliphatic rings. The van der Waals surface area contributed by atoms with E-state index in [9.17, 15) is 5.11 Å². The van der Waals surface area contributed by atoms with Gasteiger partial charge in [0.25, 0.3) is 0 Å². The third-order valence-corrected chi connectivity index (χ3v) is 5.82. The molecule has 0 aliphatic carbocycles. The van der Waals surface area contributed by atoms with Gasteiger partial charge in [0.1, 0.15) is 5.75 Å². The Labute approximate surface area is 162 Å². The van der Waals surface area contributed by atoms with E-state index in [1.165, 1.54) is 5.56 Å². The summed E-state index contributed by atoms with van der Waals surface area (Å²) >= 11 is 4.58. The van der Waals surface area contributed by atoms with Crippen LogP contribution in [0, 0.1) is 0 Å². The SMILES string of the molecule is CC(C)(c1ccccc1)c1cc(S)c(O)c(C(C)(C)c2ccccc2)c1. The van der Waals surface area contributed by atoms with Crippen LogP contribution in [0.5, 0.6) is 5.75 Å². The van der Waals surface area contributed by atoms with Crippen molar-refractivity contribution in [1.82, 2.24) is 0 Å². The summed E-state index contributed by atoms with van der Waals surface area (Å²) in [6, 6.07) is 24.9. The lowest BCUT2D eigenvalue weighted by Gasteiger charge is -2.32. The van der Waals surface area contributed by atoms with E-state index in [4.69, 9.17) is 0 Å². The standard InChI is InChI=1S/C24H26OS/c1-23(2,17-11-7-5-8-12-17)19-15-20(22(25)21(26)16-19)24(3,4)18-13-9-6-10-14-18/h5-16,25-26H,1-4H3. The first kappa shape index (κ1) is 18.6. The Morgan fingerprint density at radius 2 is 1.12 bits per heavy atom. The predicted octanol–water partition coefficient (Wildman–Crippen LogP) is 6.33. The molecular formula is C24H26OS. The zero-order valence-corrected chi connectivity index (χ0v) is 16.7. The number of thiol groups is 1. The van der Waals surface area contributed by atoms with Crippen LogP contribution in [-0.4, -0.2) is 5.11 Å². The first-order valence-electron chi connectivity index (χ1n) is 8.92. The number of hydrogen-bond acceptors (Lipinski definition) is 2. The van der Waals surface area contributed by atoms with Crippen molar-refractivity contribution in [2.24, 2.45) is 0 Å². The van der Waals surface area contributed by atoms with Crippen molar-refractivity contribution < 1.29 is 5.11 Å². The smallest absolute Gasteiger partial charge is 0.132 e. The van der Waals surface area contributed by atoms with Gasteiger partial charge >= 0.3 is 0 Å². The van der Waals surface area contributed by atoms with Gasteiger partial charge in [-0.15, -0.1) is 12.6 Å². The highest BCUT2D eigenvalue weighted by Gasteiger charge is 2.31. The largest absolute Gasteiger partial charge is 0.506 e. The van der Waals surface area contributed by atoms with Gasteiger partial charge in [0.15, 0.2) is 0 Å². The third-order valence-electron chi connectivity index (χ3n) is 5.48. The van der Waals surface area contributed by atoms with Crippen molar-refractivity contribution in [3.05, 3.63) is 95.1 Å². The Kier molecular flexibility index (Phi) is 4.90. The predicted molar refractivity (Wildman–Crippen MR) is 112 cm³/mol. The van der Waals surface area contributed by atoms with Crippen LogP contribution < -0.4 is 0 Å². The molecule has 134 valence electrons. The molecule has 0 amide bonds. The Morgan fingerprint density at radius 1 is 0.654 bits per heavy atom. The summed E-state index contributed by atoms with van der Waals surface area (Å²) in [7, 11) is 0. The molecule has 0 fully saturated rings. The molecule has 1 nitrogen and oxygen atoms in total. The van der Waals surface area contributed by atoms with Crippen LogP contribution in [0.25, 0.3) is 0 Å². The van der Waals surface area contributed by atoms with Crippen LogP contribution in [0.1, 0.15) is 49.9 Å². The van der Waals surface area contributed by atoms with Gasteiger partial charge in [-0.2, -0.15) is 0 Å². The molecule has 3 rings (SSSR count). The minimum absolute atomic E-state index is 0.187. The molecule has 0 radical (unpaired) electrons. The minimum Gasteiger partial charge on any atom is -0.506 e. The van der Waals surface area contributed by atoms with Crippen molar-refractivity contribution in [3.63, 3.8) is 0 Å². The summed E-state index contributed by atoms with van der Waals surface area (Å²) in [6.07, 6.45) is 0. The number of hydrogen-bond donors (Lipinski definition) is 2. The maximum absolute atomic E-state index is 10.8. The van der Waals surface area contributed by atoms with E-state index in [1.54, 1.807) is 0 Å². The van der Waals surface area contributed by atoms with Crippen LogP contribution in [0.2, 0.25) is 0 Å². The van der Waals surface area contributed by atoms with Crippen LogP contribution in [-0.2, 0) is 10.8 Å². The average Bonchev–Trinajstić information content (AvgIpc) is 2.65. The Morgan fingerprint density at radius 3 is 1.62 bits per heavy atom. The van der Waals surface area contributed by atoms with Gasteiger partial charge in [0.05, 0.1) is 0 Å². The first-order chi connectivity index (χ1) is 12.2. The molecule has 3 aromatic rings. The van der Waals surface area contributed by atoms with Gasteiger partial charge in [0, 0.05) is 21.3 Å². The summed E-state index contributed by atoms with van der Waals surface area (Å²) in [5.41, 5.74) is 3.93. The maximum atomic E-state index is 10.8. The number of aromatic hydroxyl groups is 1. The molecule has 0 spiro atoms. The minimum atomic E-state index is -0.328.